The molecule has 1 aromatic heterocycles. The van der Waals surface area contributed by atoms with E-state index in [2.05, 4.69) is 14.9 Å². The van der Waals surface area contributed by atoms with E-state index >= 15 is 0 Å². The number of hydrogen-bond acceptors (Lipinski definition) is 4. The van der Waals surface area contributed by atoms with Crippen molar-refractivity contribution in [2.75, 3.05) is 4.72 Å². The van der Waals surface area contributed by atoms with Crippen molar-refractivity contribution in [2.45, 2.75) is 18.4 Å². The number of nitrogens with one attached hydrogen (secondary N) is 2. The monoisotopic (exact) mass is 284 g/mol. The molecule has 0 aliphatic rings. The van der Waals surface area contributed by atoms with Gasteiger partial charge in [-0.1, -0.05) is 6.07 Å². The van der Waals surface area contributed by atoms with E-state index in [4.69, 9.17) is 5.73 Å². The van der Waals surface area contributed by atoms with Crippen LogP contribution in [0.5, 0.6) is 0 Å². The third-order valence-corrected chi connectivity index (χ3v) is 4.08. The summed E-state index contributed by atoms with van der Waals surface area (Å²) >= 11 is 0. The fourth-order valence-electron chi connectivity index (χ4n) is 1.72. The summed E-state index contributed by atoms with van der Waals surface area (Å²) < 4.78 is 39.8. The number of sulfonamides is 1. The van der Waals surface area contributed by atoms with E-state index in [-0.39, 0.29) is 22.8 Å². The number of rotatable bonds is 4. The van der Waals surface area contributed by atoms with Gasteiger partial charge in [-0.2, -0.15) is 5.10 Å². The molecule has 102 valence electrons. The average Bonchev–Trinajstić information content (AvgIpc) is 2.70. The number of aryl methyl sites for hydroxylation is 1. The second-order valence-corrected chi connectivity index (χ2v) is 5.56. The van der Waals surface area contributed by atoms with E-state index in [0.717, 1.165) is 6.07 Å². The summed E-state index contributed by atoms with van der Waals surface area (Å²) in [6.07, 6.45) is 0. The summed E-state index contributed by atoms with van der Waals surface area (Å²) in [6, 6.07) is 5.19. The molecule has 4 N–H and O–H groups in total. The molecule has 0 aliphatic carbocycles. The molecule has 0 fully saturated rings. The number of H-pyrrole nitrogens is 1. The molecule has 1 aromatic carbocycles. The zero-order valence-corrected chi connectivity index (χ0v) is 11.0. The highest BCUT2D eigenvalue weighted by atomic mass is 32.2. The van der Waals surface area contributed by atoms with Crippen molar-refractivity contribution in [3.8, 4) is 0 Å². The molecular formula is C11H13FN4O2S. The smallest absolute Gasteiger partial charge is 0.265 e. The van der Waals surface area contributed by atoms with Gasteiger partial charge in [-0.25, -0.2) is 12.8 Å². The largest absolute Gasteiger partial charge is 0.325 e. The van der Waals surface area contributed by atoms with Crippen LogP contribution in [-0.2, 0) is 16.6 Å². The van der Waals surface area contributed by atoms with E-state index in [1.54, 1.807) is 6.92 Å². The molecule has 0 saturated heterocycles. The zero-order chi connectivity index (χ0) is 14.0. The van der Waals surface area contributed by atoms with Crippen molar-refractivity contribution in [3.63, 3.8) is 0 Å². The minimum atomic E-state index is -3.85. The van der Waals surface area contributed by atoms with E-state index in [0.29, 0.717) is 5.69 Å². The molecule has 0 amide bonds. The molecule has 2 aromatic rings. The maximum atomic E-state index is 13.0. The molecule has 0 aliphatic heterocycles. The highest BCUT2D eigenvalue weighted by Crippen LogP contribution is 2.21. The molecule has 0 atom stereocenters. The molecule has 19 heavy (non-hydrogen) atoms. The van der Waals surface area contributed by atoms with Gasteiger partial charge < -0.3 is 5.73 Å². The van der Waals surface area contributed by atoms with E-state index in [1.807, 2.05) is 0 Å². The highest BCUT2D eigenvalue weighted by molar-refractivity contribution is 7.92. The first kappa shape index (κ1) is 13.5. The lowest BCUT2D eigenvalue weighted by atomic mass is 10.3. The zero-order valence-electron chi connectivity index (χ0n) is 10.1. The lowest BCUT2D eigenvalue weighted by Crippen LogP contribution is -2.16. The number of nitrogens with two attached hydrogens (primary N) is 1. The van der Waals surface area contributed by atoms with Crippen molar-refractivity contribution in [3.05, 3.63) is 41.5 Å². The lowest BCUT2D eigenvalue weighted by molar-refractivity contribution is 0.599. The molecule has 6 nitrogen and oxygen atoms in total. The molecule has 0 saturated carbocycles. The quantitative estimate of drug-likeness (QED) is 0.783. The molecule has 0 unspecified atom stereocenters. The SMILES string of the molecule is Cc1[nH]nc(CN)c1S(=O)(=O)Nc1cccc(F)c1. The molecule has 0 bridgehead atoms. The molecule has 0 spiro atoms. The van der Waals surface area contributed by atoms with E-state index < -0.39 is 15.8 Å². The van der Waals surface area contributed by atoms with Crippen LogP contribution in [0, 0.1) is 12.7 Å². The first-order valence-corrected chi connectivity index (χ1v) is 6.94. The molecule has 1 heterocycles. The van der Waals surface area contributed by atoms with Crippen LogP contribution in [0.25, 0.3) is 0 Å². The number of nitrogens with zero attached hydrogens (tertiary/aromatic N) is 1. The first-order valence-electron chi connectivity index (χ1n) is 5.46. The van der Waals surface area contributed by atoms with Crippen molar-refractivity contribution in [1.29, 1.82) is 0 Å². The Labute approximate surface area is 109 Å². The number of anilines is 1. The van der Waals surface area contributed by atoms with Crippen molar-refractivity contribution in [1.82, 2.24) is 10.2 Å². The van der Waals surface area contributed by atoms with Crippen molar-refractivity contribution < 1.29 is 12.8 Å². The second kappa shape index (κ2) is 4.98. The Morgan fingerprint density at radius 3 is 2.84 bits per heavy atom. The van der Waals surface area contributed by atoms with Gasteiger partial charge in [0.05, 0.1) is 17.1 Å². The van der Waals surface area contributed by atoms with Crippen molar-refractivity contribution >= 4 is 15.7 Å². The van der Waals surface area contributed by atoms with Crippen LogP contribution in [0.2, 0.25) is 0 Å². The van der Waals surface area contributed by atoms with Gasteiger partial charge in [0.1, 0.15) is 10.7 Å². The molecular weight excluding hydrogens is 271 g/mol. The minimum absolute atomic E-state index is 0.000684. The predicted molar refractivity (Wildman–Crippen MR) is 68.4 cm³/mol. The Morgan fingerprint density at radius 2 is 2.21 bits per heavy atom. The maximum absolute atomic E-state index is 13.0. The normalized spacial score (nSPS) is 11.5. The van der Waals surface area contributed by atoms with Crippen LogP contribution in [0.3, 0.4) is 0 Å². The van der Waals surface area contributed by atoms with Gasteiger partial charge in [0.25, 0.3) is 10.0 Å². The van der Waals surface area contributed by atoms with Crippen LogP contribution in [-0.4, -0.2) is 18.6 Å². The van der Waals surface area contributed by atoms with Crippen LogP contribution >= 0.6 is 0 Å². The summed E-state index contributed by atoms with van der Waals surface area (Å²) in [5, 5.41) is 6.38. The number of halogens is 1. The fourth-order valence-corrected chi connectivity index (χ4v) is 3.15. The fraction of sp³-hybridized carbons (Fsp3) is 0.182. The number of hydrogen-bond donors (Lipinski definition) is 3. The number of aromatic amines is 1. The summed E-state index contributed by atoms with van der Waals surface area (Å²) in [6.45, 7) is 1.57. The average molecular weight is 284 g/mol. The van der Waals surface area contributed by atoms with Gasteiger partial charge in [-0.3, -0.25) is 9.82 Å². The Balaban J connectivity index is 2.40. The summed E-state index contributed by atoms with van der Waals surface area (Å²) in [7, 11) is -3.85. The highest BCUT2D eigenvalue weighted by Gasteiger charge is 2.23. The minimum Gasteiger partial charge on any atom is -0.325 e. The molecule has 8 heteroatoms. The van der Waals surface area contributed by atoms with Gasteiger partial charge >= 0.3 is 0 Å². The lowest BCUT2D eigenvalue weighted by Gasteiger charge is -2.08. The summed E-state index contributed by atoms with van der Waals surface area (Å²) in [5.41, 5.74) is 6.20. The number of aromatic nitrogens is 2. The van der Waals surface area contributed by atoms with Gasteiger partial charge in [0, 0.05) is 6.54 Å². The van der Waals surface area contributed by atoms with Crippen molar-refractivity contribution in [2.24, 2.45) is 5.73 Å². The van der Waals surface area contributed by atoms with Gasteiger partial charge in [-0.05, 0) is 25.1 Å². The van der Waals surface area contributed by atoms with Crippen LogP contribution in [0.4, 0.5) is 10.1 Å². The Hall–Kier alpha value is -1.93. The van der Waals surface area contributed by atoms with Gasteiger partial charge in [-0.15, -0.1) is 0 Å². The molecule has 0 radical (unpaired) electrons. The van der Waals surface area contributed by atoms with E-state index in [9.17, 15) is 12.8 Å². The standard InChI is InChI=1S/C11H13FN4O2S/c1-7-11(10(6-13)15-14-7)19(17,18)16-9-4-2-3-8(12)5-9/h2-5,16H,6,13H2,1H3,(H,14,15). The predicted octanol–water partition coefficient (Wildman–Crippen LogP) is 1.12. The van der Waals surface area contributed by atoms with Gasteiger partial charge in [0.15, 0.2) is 0 Å². The number of benzene rings is 1. The Bertz CT molecular complexity index is 696. The first-order chi connectivity index (χ1) is 8.94. The topological polar surface area (TPSA) is 101 Å². The molecule has 2 rings (SSSR count). The Morgan fingerprint density at radius 1 is 1.47 bits per heavy atom. The summed E-state index contributed by atoms with van der Waals surface area (Å²) in [5.74, 6) is -0.525. The third-order valence-electron chi connectivity index (χ3n) is 2.50. The van der Waals surface area contributed by atoms with E-state index in [1.165, 1.54) is 18.2 Å². The van der Waals surface area contributed by atoms with Crippen LogP contribution in [0.1, 0.15) is 11.4 Å². The van der Waals surface area contributed by atoms with Crippen LogP contribution in [0.15, 0.2) is 29.2 Å². The van der Waals surface area contributed by atoms with Gasteiger partial charge in [0.2, 0.25) is 0 Å². The van der Waals surface area contributed by atoms with Crippen LogP contribution < -0.4 is 10.5 Å². The third kappa shape index (κ3) is 2.74. The summed E-state index contributed by atoms with van der Waals surface area (Å²) in [4.78, 5) is -0.000684. The Kier molecular flexibility index (Phi) is 3.54. The maximum Gasteiger partial charge on any atom is 0.265 e. The second-order valence-electron chi connectivity index (χ2n) is 3.94.